The molecule has 1 saturated heterocycles. The van der Waals surface area contributed by atoms with Crippen LogP contribution in [-0.4, -0.2) is 40.1 Å². The van der Waals surface area contributed by atoms with Crippen molar-refractivity contribution in [2.75, 3.05) is 7.11 Å². The van der Waals surface area contributed by atoms with Crippen molar-refractivity contribution in [3.8, 4) is 5.75 Å². The zero-order valence-electron chi connectivity index (χ0n) is 16.6. The number of amides is 3. The highest BCUT2D eigenvalue weighted by atomic mass is 16.5. The fourth-order valence-corrected chi connectivity index (χ4v) is 3.29. The highest BCUT2D eigenvalue weighted by Gasteiger charge is 2.49. The summed E-state index contributed by atoms with van der Waals surface area (Å²) in [6.45, 7) is 2.27. The number of hydrogen-bond acceptors (Lipinski definition) is 5. The van der Waals surface area contributed by atoms with Crippen molar-refractivity contribution in [1.29, 1.82) is 0 Å². The molecule has 1 N–H and O–H groups in total. The lowest BCUT2D eigenvalue weighted by atomic mass is 9.92. The molecule has 0 radical (unpaired) electrons. The Morgan fingerprint density at radius 2 is 1.97 bits per heavy atom. The van der Waals surface area contributed by atoms with Crippen molar-refractivity contribution in [3.05, 3.63) is 83.7 Å². The third-order valence-corrected chi connectivity index (χ3v) is 4.98. The fraction of sp³-hybridized carbons (Fsp3) is 0.182. The maximum absolute atomic E-state index is 13.0. The first-order chi connectivity index (χ1) is 14.5. The van der Waals surface area contributed by atoms with Crippen LogP contribution in [0.2, 0.25) is 0 Å². The van der Waals surface area contributed by atoms with E-state index in [1.165, 1.54) is 6.21 Å². The van der Waals surface area contributed by atoms with Gasteiger partial charge in [-0.15, -0.1) is 5.01 Å². The topological polar surface area (TPSA) is 88.8 Å². The Morgan fingerprint density at radius 1 is 1.17 bits per heavy atom. The Hall–Kier alpha value is -3.94. The van der Waals surface area contributed by atoms with Gasteiger partial charge in [-0.25, -0.2) is 4.79 Å². The second-order valence-corrected chi connectivity index (χ2v) is 7.11. The molecule has 3 amide bonds. The van der Waals surface area contributed by atoms with Gasteiger partial charge in [0, 0.05) is 11.8 Å². The van der Waals surface area contributed by atoms with Crippen LogP contribution in [0.1, 0.15) is 23.6 Å². The van der Waals surface area contributed by atoms with Gasteiger partial charge in [0.1, 0.15) is 11.3 Å². The van der Waals surface area contributed by atoms with E-state index in [1.807, 2.05) is 30.3 Å². The van der Waals surface area contributed by atoms with Crippen LogP contribution in [0.3, 0.4) is 0 Å². The first-order valence-electron chi connectivity index (χ1n) is 9.41. The SMILES string of the molecule is COc1cccc([C@]2(C)NC(=O)N(/N=C\c3cnn(Cc4ccccc4)c3)C2=O)c1. The zero-order valence-corrected chi connectivity index (χ0v) is 16.6. The summed E-state index contributed by atoms with van der Waals surface area (Å²) < 4.78 is 6.99. The largest absolute Gasteiger partial charge is 0.497 e. The Morgan fingerprint density at radius 3 is 2.73 bits per heavy atom. The van der Waals surface area contributed by atoms with E-state index in [-0.39, 0.29) is 0 Å². The van der Waals surface area contributed by atoms with Crippen molar-refractivity contribution in [3.63, 3.8) is 0 Å². The molecule has 1 aromatic heterocycles. The van der Waals surface area contributed by atoms with Crippen molar-refractivity contribution < 1.29 is 14.3 Å². The van der Waals surface area contributed by atoms with Crippen LogP contribution in [0.4, 0.5) is 4.79 Å². The number of nitrogens with zero attached hydrogens (tertiary/aromatic N) is 4. The molecule has 3 aromatic rings. The van der Waals surface area contributed by atoms with Crippen molar-refractivity contribution in [2.45, 2.75) is 19.0 Å². The van der Waals surface area contributed by atoms with Gasteiger partial charge >= 0.3 is 6.03 Å². The third kappa shape index (κ3) is 3.67. The van der Waals surface area contributed by atoms with Crippen molar-refractivity contribution in [1.82, 2.24) is 20.1 Å². The van der Waals surface area contributed by atoms with Crippen LogP contribution in [-0.2, 0) is 16.9 Å². The molecule has 2 aromatic carbocycles. The van der Waals surface area contributed by atoms with Gasteiger partial charge in [-0.2, -0.15) is 10.2 Å². The van der Waals surface area contributed by atoms with Gasteiger partial charge in [-0.05, 0) is 30.2 Å². The number of ether oxygens (including phenoxy) is 1. The molecule has 30 heavy (non-hydrogen) atoms. The highest BCUT2D eigenvalue weighted by Crippen LogP contribution is 2.31. The molecule has 4 rings (SSSR count). The zero-order chi connectivity index (χ0) is 21.1. The van der Waals surface area contributed by atoms with E-state index in [0.29, 0.717) is 23.4 Å². The van der Waals surface area contributed by atoms with Crippen LogP contribution in [0.25, 0.3) is 0 Å². The van der Waals surface area contributed by atoms with Gasteiger partial charge in [-0.1, -0.05) is 42.5 Å². The lowest BCUT2D eigenvalue weighted by Crippen LogP contribution is -2.40. The van der Waals surface area contributed by atoms with Gasteiger partial charge < -0.3 is 10.1 Å². The molecule has 1 aliphatic rings. The van der Waals surface area contributed by atoms with Gasteiger partial charge in [0.15, 0.2) is 0 Å². The van der Waals surface area contributed by atoms with Crippen LogP contribution in [0.5, 0.6) is 5.75 Å². The molecule has 1 atom stereocenters. The number of nitrogens with one attached hydrogen (secondary N) is 1. The number of hydrogen-bond donors (Lipinski definition) is 1. The molecule has 0 aliphatic carbocycles. The molecule has 8 heteroatoms. The third-order valence-electron chi connectivity index (χ3n) is 4.98. The fourth-order valence-electron chi connectivity index (χ4n) is 3.29. The summed E-state index contributed by atoms with van der Waals surface area (Å²) in [6.07, 6.45) is 4.88. The van der Waals surface area contributed by atoms with Crippen LogP contribution in [0, 0.1) is 0 Å². The summed E-state index contributed by atoms with van der Waals surface area (Å²) in [5.41, 5.74) is 1.20. The normalized spacial score (nSPS) is 18.8. The predicted molar refractivity (Wildman–Crippen MR) is 111 cm³/mol. The minimum atomic E-state index is -1.22. The van der Waals surface area contributed by atoms with E-state index >= 15 is 0 Å². The summed E-state index contributed by atoms with van der Waals surface area (Å²) in [4.78, 5) is 25.4. The quantitative estimate of drug-likeness (QED) is 0.506. The molecule has 0 unspecified atom stereocenters. The minimum absolute atomic E-state index is 0.464. The molecule has 0 bridgehead atoms. The van der Waals surface area contributed by atoms with Gasteiger partial charge in [0.25, 0.3) is 5.91 Å². The van der Waals surface area contributed by atoms with Gasteiger partial charge in [-0.3, -0.25) is 9.48 Å². The molecule has 1 fully saturated rings. The number of benzene rings is 2. The van der Waals surface area contributed by atoms with Crippen LogP contribution >= 0.6 is 0 Å². The van der Waals surface area contributed by atoms with E-state index in [2.05, 4.69) is 15.5 Å². The van der Waals surface area contributed by atoms with E-state index in [4.69, 9.17) is 4.74 Å². The average Bonchev–Trinajstić information content (AvgIpc) is 3.29. The molecule has 2 heterocycles. The number of carbonyl (C=O) groups excluding carboxylic acids is 2. The smallest absolute Gasteiger partial charge is 0.346 e. The van der Waals surface area contributed by atoms with E-state index in [1.54, 1.807) is 55.4 Å². The predicted octanol–water partition coefficient (Wildman–Crippen LogP) is 2.74. The summed E-state index contributed by atoms with van der Waals surface area (Å²) in [6, 6.07) is 16.4. The second kappa shape index (κ2) is 7.82. The average molecular weight is 403 g/mol. The number of urea groups is 1. The lowest BCUT2D eigenvalue weighted by molar-refractivity contribution is -0.131. The van der Waals surface area contributed by atoms with E-state index in [0.717, 1.165) is 10.6 Å². The Kier molecular flexibility index (Phi) is 5.05. The standard InChI is InChI=1S/C22H21N5O3/c1-22(18-9-6-10-19(11-18)30-2)20(28)27(21(29)25-22)24-13-17-12-23-26(15-17)14-16-7-4-3-5-8-16/h3-13,15H,14H2,1-2H3,(H,25,29)/b24-13-/t22-/m0/s1. The number of carbonyl (C=O) groups is 2. The summed E-state index contributed by atoms with van der Waals surface area (Å²) in [7, 11) is 1.55. The molecular weight excluding hydrogens is 382 g/mol. The minimum Gasteiger partial charge on any atom is -0.497 e. The molecule has 152 valence electrons. The van der Waals surface area contributed by atoms with Gasteiger partial charge in [0.05, 0.1) is 26.1 Å². The van der Waals surface area contributed by atoms with E-state index in [9.17, 15) is 9.59 Å². The number of imide groups is 1. The molecular formula is C22H21N5O3. The monoisotopic (exact) mass is 403 g/mol. The number of hydrazone groups is 1. The van der Waals surface area contributed by atoms with Crippen LogP contribution in [0.15, 0.2) is 72.1 Å². The molecule has 1 aliphatic heterocycles. The molecule has 8 nitrogen and oxygen atoms in total. The Bertz CT molecular complexity index is 1110. The Balaban J connectivity index is 1.50. The summed E-state index contributed by atoms with van der Waals surface area (Å²) in [5, 5.41) is 12.0. The molecule has 0 saturated carbocycles. The first-order valence-corrected chi connectivity index (χ1v) is 9.41. The highest BCUT2D eigenvalue weighted by molar-refractivity contribution is 6.07. The molecule has 0 spiro atoms. The Labute approximate surface area is 173 Å². The van der Waals surface area contributed by atoms with Crippen molar-refractivity contribution >= 4 is 18.2 Å². The van der Waals surface area contributed by atoms with E-state index < -0.39 is 17.5 Å². The summed E-state index contributed by atoms with van der Waals surface area (Å²) in [5.74, 6) is 0.136. The van der Waals surface area contributed by atoms with Crippen molar-refractivity contribution in [2.24, 2.45) is 5.10 Å². The number of methoxy groups -OCH3 is 1. The maximum Gasteiger partial charge on any atom is 0.346 e. The first kappa shape index (κ1) is 19.4. The lowest BCUT2D eigenvalue weighted by Gasteiger charge is -2.21. The number of aromatic nitrogens is 2. The maximum atomic E-state index is 13.0. The van der Waals surface area contributed by atoms with Crippen LogP contribution < -0.4 is 10.1 Å². The second-order valence-electron chi connectivity index (χ2n) is 7.11. The summed E-state index contributed by atoms with van der Waals surface area (Å²) >= 11 is 0. The number of rotatable bonds is 6. The van der Waals surface area contributed by atoms with Gasteiger partial charge in [0.2, 0.25) is 0 Å².